The molecule has 0 N–H and O–H groups in total. The van der Waals surface area contributed by atoms with Crippen LogP contribution in [0.3, 0.4) is 0 Å². The van der Waals surface area contributed by atoms with Crippen LogP contribution in [0, 0.1) is 0 Å². The van der Waals surface area contributed by atoms with Crippen molar-refractivity contribution in [1.82, 2.24) is 9.55 Å². The third-order valence-corrected chi connectivity index (χ3v) is 8.16. The number of fused-ring (bicyclic) bond motifs is 4. The molecule has 4 aromatic carbocycles. The first kappa shape index (κ1) is 19.6. The van der Waals surface area contributed by atoms with E-state index in [-0.39, 0.29) is 0 Å². The van der Waals surface area contributed by atoms with Gasteiger partial charge in [0.25, 0.3) is 0 Å². The molecule has 7 rings (SSSR count). The number of hydrogen-bond acceptors (Lipinski definition) is 2. The molecule has 0 radical (unpaired) electrons. The molecular weight excluding hydrogens is 432 g/mol. The summed E-state index contributed by atoms with van der Waals surface area (Å²) in [6.45, 7) is 0. The molecule has 1 aliphatic carbocycles. The summed E-state index contributed by atoms with van der Waals surface area (Å²) in [5.74, 6) is 1.43. The van der Waals surface area contributed by atoms with E-state index in [1.165, 1.54) is 21.6 Å². The summed E-state index contributed by atoms with van der Waals surface area (Å²) in [6.07, 6.45) is 9.02. The van der Waals surface area contributed by atoms with Gasteiger partial charge in [0.2, 0.25) is 0 Å². The Morgan fingerprint density at radius 3 is 2.44 bits per heavy atom. The van der Waals surface area contributed by atoms with Crippen LogP contribution in [0.25, 0.3) is 39.2 Å². The van der Waals surface area contributed by atoms with Gasteiger partial charge in [-0.05, 0) is 47.0 Å². The molecule has 0 bridgehead atoms. The predicted octanol–water partition coefficient (Wildman–Crippen LogP) is 8.04. The summed E-state index contributed by atoms with van der Waals surface area (Å²) in [6, 6.07) is 34.5. The van der Waals surface area contributed by atoms with Gasteiger partial charge in [0.1, 0.15) is 5.82 Å². The predicted molar refractivity (Wildman–Crippen MR) is 143 cm³/mol. The highest BCUT2D eigenvalue weighted by atomic mass is 32.2. The molecule has 0 saturated carbocycles. The van der Waals surface area contributed by atoms with Crippen molar-refractivity contribution in [1.29, 1.82) is 0 Å². The van der Waals surface area contributed by atoms with E-state index in [0.29, 0.717) is 11.2 Å². The van der Waals surface area contributed by atoms with E-state index >= 15 is 0 Å². The van der Waals surface area contributed by atoms with Crippen LogP contribution in [0.1, 0.15) is 11.5 Å². The molecule has 2 nitrogen and oxygen atoms in total. The molecule has 0 fully saturated rings. The lowest BCUT2D eigenvalue weighted by molar-refractivity contribution is 0.881. The van der Waals surface area contributed by atoms with Crippen molar-refractivity contribution in [3.63, 3.8) is 0 Å². The Balaban J connectivity index is 1.39. The largest absolute Gasteiger partial charge is 0.292 e. The maximum Gasteiger partial charge on any atom is 0.145 e. The van der Waals surface area contributed by atoms with Crippen LogP contribution < -0.4 is 0 Å². The smallest absolute Gasteiger partial charge is 0.145 e. The maximum absolute atomic E-state index is 5.06. The highest BCUT2D eigenvalue weighted by Gasteiger charge is 2.32. The van der Waals surface area contributed by atoms with E-state index in [9.17, 15) is 0 Å². The van der Waals surface area contributed by atoms with Crippen molar-refractivity contribution < 1.29 is 0 Å². The Labute approximate surface area is 203 Å². The van der Waals surface area contributed by atoms with Gasteiger partial charge < -0.3 is 0 Å². The lowest BCUT2D eigenvalue weighted by Gasteiger charge is -2.14. The molecule has 2 atom stereocenters. The van der Waals surface area contributed by atoms with Gasteiger partial charge in [-0.1, -0.05) is 91.0 Å². The zero-order valence-electron chi connectivity index (χ0n) is 18.5. The molecule has 1 aromatic heterocycles. The molecule has 5 aromatic rings. The van der Waals surface area contributed by atoms with Crippen LogP contribution in [0.2, 0.25) is 0 Å². The number of imidazole rings is 1. The van der Waals surface area contributed by atoms with Crippen molar-refractivity contribution >= 4 is 22.8 Å². The van der Waals surface area contributed by atoms with E-state index in [0.717, 1.165) is 28.1 Å². The fourth-order valence-electron chi connectivity index (χ4n) is 5.18. The normalized spacial score (nSPS) is 18.2. The third-order valence-electron chi connectivity index (χ3n) is 6.75. The summed E-state index contributed by atoms with van der Waals surface area (Å²) in [5, 5.41) is 0.492. The second kappa shape index (κ2) is 7.89. The quantitative estimate of drug-likeness (QED) is 0.274. The summed E-state index contributed by atoms with van der Waals surface area (Å²) >= 11 is 1.99. The molecule has 34 heavy (non-hydrogen) atoms. The number of aromatic nitrogens is 2. The topological polar surface area (TPSA) is 17.8 Å². The van der Waals surface area contributed by atoms with E-state index in [1.807, 2.05) is 11.8 Å². The fourth-order valence-corrected chi connectivity index (χ4v) is 6.65. The summed E-state index contributed by atoms with van der Waals surface area (Å²) in [4.78, 5) is 6.47. The van der Waals surface area contributed by atoms with Gasteiger partial charge >= 0.3 is 0 Å². The van der Waals surface area contributed by atoms with E-state index in [4.69, 9.17) is 4.98 Å². The number of thioether (sulfide) groups is 1. The van der Waals surface area contributed by atoms with Crippen LogP contribution in [0.5, 0.6) is 0 Å². The minimum absolute atomic E-state index is 0.468. The SMILES string of the molecule is C1=CC2Sc3c(-c4cccc(-c5nc6ccccc6n5-c5ccccc5)c4)cccc3C2C=C1. The molecule has 0 amide bonds. The minimum atomic E-state index is 0.468. The lowest BCUT2D eigenvalue weighted by atomic mass is 9.90. The number of hydrogen-bond donors (Lipinski definition) is 0. The molecular formula is C31H22N2S. The van der Waals surface area contributed by atoms with Crippen molar-refractivity contribution in [3.8, 4) is 28.2 Å². The molecule has 2 unspecified atom stereocenters. The van der Waals surface area contributed by atoms with Crippen LogP contribution in [0.15, 0.2) is 126 Å². The molecule has 0 saturated heterocycles. The van der Waals surface area contributed by atoms with Crippen LogP contribution in [-0.2, 0) is 0 Å². The highest BCUT2D eigenvalue weighted by Crippen LogP contribution is 2.51. The number of nitrogens with zero attached hydrogens (tertiary/aromatic N) is 2. The Morgan fingerprint density at radius 1 is 0.706 bits per heavy atom. The zero-order chi connectivity index (χ0) is 22.5. The highest BCUT2D eigenvalue weighted by molar-refractivity contribution is 8.00. The van der Waals surface area contributed by atoms with Gasteiger partial charge in [-0.25, -0.2) is 4.98 Å². The van der Waals surface area contributed by atoms with Gasteiger partial charge in [0.15, 0.2) is 0 Å². The van der Waals surface area contributed by atoms with Crippen LogP contribution in [-0.4, -0.2) is 14.8 Å². The van der Waals surface area contributed by atoms with Gasteiger partial charge in [0.05, 0.1) is 11.0 Å². The average Bonchev–Trinajstić information content (AvgIpc) is 3.48. The molecule has 1 aliphatic heterocycles. The summed E-state index contributed by atoms with van der Waals surface area (Å²) in [7, 11) is 0. The van der Waals surface area contributed by atoms with Gasteiger partial charge in [-0.2, -0.15) is 0 Å². The number of rotatable bonds is 3. The van der Waals surface area contributed by atoms with Crippen molar-refractivity contribution in [2.45, 2.75) is 16.1 Å². The first-order valence-electron chi connectivity index (χ1n) is 11.6. The van der Waals surface area contributed by atoms with E-state index in [2.05, 4.69) is 126 Å². The summed E-state index contributed by atoms with van der Waals surface area (Å²) < 4.78 is 2.27. The van der Waals surface area contributed by atoms with Gasteiger partial charge in [0, 0.05) is 27.3 Å². The second-order valence-corrected chi connectivity index (χ2v) is 9.97. The number of allylic oxidation sites excluding steroid dienone is 3. The molecule has 2 heterocycles. The Morgan fingerprint density at radius 2 is 1.50 bits per heavy atom. The zero-order valence-corrected chi connectivity index (χ0v) is 19.3. The average molecular weight is 455 g/mol. The van der Waals surface area contributed by atoms with Crippen molar-refractivity contribution in [2.24, 2.45) is 0 Å². The fraction of sp³-hybridized carbons (Fsp3) is 0.0645. The molecule has 2 aliphatic rings. The maximum atomic E-state index is 5.06. The Kier molecular flexibility index (Phi) is 4.56. The molecule has 0 spiro atoms. The van der Waals surface area contributed by atoms with Crippen LogP contribution in [0.4, 0.5) is 0 Å². The third kappa shape index (κ3) is 3.08. The van der Waals surface area contributed by atoms with Crippen LogP contribution >= 0.6 is 11.8 Å². The van der Waals surface area contributed by atoms with Crippen molar-refractivity contribution in [3.05, 3.63) is 127 Å². The monoisotopic (exact) mass is 454 g/mol. The van der Waals surface area contributed by atoms with E-state index < -0.39 is 0 Å². The number of para-hydroxylation sites is 3. The van der Waals surface area contributed by atoms with Gasteiger partial charge in [-0.15, -0.1) is 11.8 Å². The molecule has 162 valence electrons. The molecule has 3 heteroatoms. The Hall–Kier alpha value is -3.82. The first-order valence-corrected chi connectivity index (χ1v) is 12.5. The second-order valence-electron chi connectivity index (χ2n) is 8.78. The summed E-state index contributed by atoms with van der Waals surface area (Å²) in [5.41, 5.74) is 8.35. The van der Waals surface area contributed by atoms with Gasteiger partial charge in [-0.3, -0.25) is 4.57 Å². The lowest BCUT2D eigenvalue weighted by Crippen LogP contribution is -2.06. The number of benzene rings is 4. The Bertz CT molecular complexity index is 1590. The minimum Gasteiger partial charge on any atom is -0.292 e. The first-order chi connectivity index (χ1) is 16.9. The standard InChI is InChI=1S/C31H22N2S/c1-2-12-23(13-3-1)33-28-18-6-5-17-27(28)32-31(33)22-11-8-10-21(20-22)24-15-9-16-26-25-14-4-7-19-29(25)34-30(24)26/h1-20,25,29H. The van der Waals surface area contributed by atoms with E-state index in [1.54, 1.807) is 0 Å². The van der Waals surface area contributed by atoms with Crippen molar-refractivity contribution in [2.75, 3.05) is 0 Å².